The summed E-state index contributed by atoms with van der Waals surface area (Å²) in [6.07, 6.45) is 3.46. The minimum atomic E-state index is -0.295. The van der Waals surface area contributed by atoms with E-state index in [-0.39, 0.29) is 16.7 Å². The molecule has 0 amide bonds. The molecule has 2 fully saturated rings. The van der Waals surface area contributed by atoms with Gasteiger partial charge in [-0.25, -0.2) is 0 Å². The number of aryl methyl sites for hydroxylation is 1. The number of nitrogens with zero attached hydrogens (tertiary/aromatic N) is 2. The Morgan fingerprint density at radius 2 is 2.12 bits per heavy atom. The zero-order valence-electron chi connectivity index (χ0n) is 15.2. The van der Waals surface area contributed by atoms with Crippen LogP contribution in [-0.2, 0) is 4.74 Å². The molecule has 0 radical (unpaired) electrons. The molecule has 2 aliphatic rings. The van der Waals surface area contributed by atoms with Crippen molar-refractivity contribution in [3.63, 3.8) is 0 Å². The Morgan fingerprint density at radius 3 is 2.76 bits per heavy atom. The highest BCUT2D eigenvalue weighted by Crippen LogP contribution is 2.25. The van der Waals surface area contributed by atoms with Crippen LogP contribution in [0.15, 0.2) is 18.2 Å². The number of nitro benzene ring substituents is 1. The van der Waals surface area contributed by atoms with Crippen molar-refractivity contribution in [2.24, 2.45) is 5.92 Å². The molecular weight excluding hydrogens is 318 g/mol. The first-order chi connectivity index (χ1) is 12.0. The van der Waals surface area contributed by atoms with E-state index in [9.17, 15) is 10.1 Å². The predicted octanol–water partition coefficient (Wildman–Crippen LogP) is 3.05. The molecule has 1 aromatic carbocycles. The number of hydrogen-bond acceptors (Lipinski definition) is 5. The normalized spacial score (nSPS) is 23.7. The van der Waals surface area contributed by atoms with Gasteiger partial charge in [-0.3, -0.25) is 10.1 Å². The summed E-state index contributed by atoms with van der Waals surface area (Å²) in [7, 11) is 0. The Kier molecular flexibility index (Phi) is 6.04. The molecule has 0 saturated carbocycles. The fraction of sp³-hybridized carbons (Fsp3) is 0.684. The third-order valence-electron chi connectivity index (χ3n) is 5.54. The molecule has 25 heavy (non-hydrogen) atoms. The minimum absolute atomic E-state index is 0.124. The largest absolute Gasteiger partial charge is 0.381 e. The van der Waals surface area contributed by atoms with Crippen LogP contribution in [0.5, 0.6) is 0 Å². The molecule has 1 aromatic rings. The zero-order chi connectivity index (χ0) is 17.8. The van der Waals surface area contributed by atoms with E-state index in [0.29, 0.717) is 17.5 Å². The average molecular weight is 347 g/mol. The summed E-state index contributed by atoms with van der Waals surface area (Å²) in [6.45, 7) is 9.11. The van der Waals surface area contributed by atoms with Crippen molar-refractivity contribution in [3.05, 3.63) is 39.4 Å². The molecule has 3 rings (SSSR count). The first kappa shape index (κ1) is 18.3. The Morgan fingerprint density at radius 1 is 1.36 bits per heavy atom. The Bertz CT molecular complexity index is 594. The van der Waals surface area contributed by atoms with Gasteiger partial charge in [0.25, 0.3) is 5.69 Å². The fourth-order valence-corrected chi connectivity index (χ4v) is 3.92. The van der Waals surface area contributed by atoms with Gasteiger partial charge in [-0.05, 0) is 57.7 Å². The summed E-state index contributed by atoms with van der Waals surface area (Å²) in [5.74, 6) is 0.705. The molecule has 2 saturated heterocycles. The van der Waals surface area contributed by atoms with Crippen LogP contribution < -0.4 is 5.32 Å². The molecule has 0 aliphatic carbocycles. The summed E-state index contributed by atoms with van der Waals surface area (Å²) in [5, 5.41) is 14.8. The number of likely N-dealkylation sites (tertiary alicyclic amines) is 1. The van der Waals surface area contributed by atoms with Gasteiger partial charge in [-0.15, -0.1) is 0 Å². The third kappa shape index (κ3) is 4.77. The SMILES string of the molecule is Cc1ccc([C@H](C)NC2CCN(C[C@@H]3CCOC3)CC2)cc1[N+](=O)[O-]. The van der Waals surface area contributed by atoms with Crippen molar-refractivity contribution >= 4 is 5.69 Å². The highest BCUT2D eigenvalue weighted by Gasteiger charge is 2.25. The molecule has 6 nitrogen and oxygen atoms in total. The predicted molar refractivity (Wildman–Crippen MR) is 97.8 cm³/mol. The van der Waals surface area contributed by atoms with Gasteiger partial charge in [-0.1, -0.05) is 12.1 Å². The van der Waals surface area contributed by atoms with E-state index in [1.165, 1.54) is 6.42 Å². The average Bonchev–Trinajstić information content (AvgIpc) is 3.09. The molecule has 0 bridgehead atoms. The maximum absolute atomic E-state index is 11.1. The number of nitrogens with one attached hydrogen (secondary N) is 1. The maximum Gasteiger partial charge on any atom is 0.272 e. The van der Waals surface area contributed by atoms with Gasteiger partial charge in [-0.2, -0.15) is 0 Å². The second kappa shape index (κ2) is 8.25. The lowest BCUT2D eigenvalue weighted by molar-refractivity contribution is -0.385. The highest BCUT2D eigenvalue weighted by atomic mass is 16.6. The lowest BCUT2D eigenvalue weighted by Crippen LogP contribution is -2.44. The number of rotatable bonds is 6. The van der Waals surface area contributed by atoms with Crippen LogP contribution in [0.2, 0.25) is 0 Å². The molecule has 2 aliphatic heterocycles. The lowest BCUT2D eigenvalue weighted by Gasteiger charge is -2.35. The number of benzene rings is 1. The fourth-order valence-electron chi connectivity index (χ4n) is 3.92. The smallest absolute Gasteiger partial charge is 0.272 e. The van der Waals surface area contributed by atoms with Crippen LogP contribution >= 0.6 is 0 Å². The molecule has 0 aromatic heterocycles. The minimum Gasteiger partial charge on any atom is -0.381 e. The van der Waals surface area contributed by atoms with Gasteiger partial charge in [0.1, 0.15) is 0 Å². The van der Waals surface area contributed by atoms with Gasteiger partial charge in [0.2, 0.25) is 0 Å². The van der Waals surface area contributed by atoms with Gasteiger partial charge in [0.15, 0.2) is 0 Å². The summed E-state index contributed by atoms with van der Waals surface area (Å²) in [4.78, 5) is 13.4. The van der Waals surface area contributed by atoms with Crippen LogP contribution in [0.4, 0.5) is 5.69 Å². The molecule has 2 atom stereocenters. The Labute approximate surface area is 149 Å². The highest BCUT2D eigenvalue weighted by molar-refractivity contribution is 5.43. The Balaban J connectivity index is 1.49. The monoisotopic (exact) mass is 347 g/mol. The molecular formula is C19H29N3O3. The van der Waals surface area contributed by atoms with E-state index in [4.69, 9.17) is 4.74 Å². The van der Waals surface area contributed by atoms with Crippen LogP contribution in [0.1, 0.15) is 43.4 Å². The topological polar surface area (TPSA) is 67.6 Å². The molecule has 0 spiro atoms. The van der Waals surface area contributed by atoms with Gasteiger partial charge in [0.05, 0.1) is 11.5 Å². The van der Waals surface area contributed by atoms with Crippen LogP contribution in [0, 0.1) is 23.0 Å². The van der Waals surface area contributed by atoms with Gasteiger partial charge in [0, 0.05) is 36.9 Å². The van der Waals surface area contributed by atoms with E-state index in [1.807, 2.05) is 12.1 Å². The summed E-state index contributed by atoms with van der Waals surface area (Å²) >= 11 is 0. The van der Waals surface area contributed by atoms with E-state index < -0.39 is 0 Å². The second-order valence-electron chi connectivity index (χ2n) is 7.50. The molecule has 0 unspecified atom stereocenters. The van der Waals surface area contributed by atoms with Crippen molar-refractivity contribution in [2.45, 2.75) is 45.2 Å². The van der Waals surface area contributed by atoms with Crippen LogP contribution in [0.25, 0.3) is 0 Å². The summed E-state index contributed by atoms with van der Waals surface area (Å²) < 4.78 is 5.47. The lowest BCUT2D eigenvalue weighted by atomic mass is 9.99. The number of ether oxygens (including phenoxy) is 1. The van der Waals surface area contributed by atoms with Crippen LogP contribution in [0.3, 0.4) is 0 Å². The van der Waals surface area contributed by atoms with E-state index in [1.54, 1.807) is 13.0 Å². The van der Waals surface area contributed by atoms with Gasteiger partial charge >= 0.3 is 0 Å². The summed E-state index contributed by atoms with van der Waals surface area (Å²) in [5.41, 5.74) is 1.91. The van der Waals surface area contributed by atoms with E-state index in [0.717, 1.165) is 51.3 Å². The van der Waals surface area contributed by atoms with Crippen molar-refractivity contribution < 1.29 is 9.66 Å². The third-order valence-corrected chi connectivity index (χ3v) is 5.54. The number of piperidine rings is 1. The molecule has 2 heterocycles. The quantitative estimate of drug-likeness (QED) is 0.633. The standard InChI is InChI=1S/C19H29N3O3/c1-14-3-4-17(11-19(14)22(23)24)15(2)20-18-5-8-21(9-6-18)12-16-7-10-25-13-16/h3-4,11,15-16,18,20H,5-10,12-13H2,1-2H3/t15-,16-/m0/s1. The first-order valence-corrected chi connectivity index (χ1v) is 9.34. The molecule has 6 heteroatoms. The number of nitro groups is 1. The van der Waals surface area contributed by atoms with Crippen molar-refractivity contribution in [1.29, 1.82) is 0 Å². The van der Waals surface area contributed by atoms with Crippen LogP contribution in [-0.4, -0.2) is 48.7 Å². The summed E-state index contributed by atoms with van der Waals surface area (Å²) in [6, 6.07) is 6.15. The van der Waals surface area contributed by atoms with E-state index >= 15 is 0 Å². The first-order valence-electron chi connectivity index (χ1n) is 9.34. The maximum atomic E-state index is 11.1. The molecule has 138 valence electrons. The van der Waals surface area contributed by atoms with Crippen molar-refractivity contribution in [1.82, 2.24) is 10.2 Å². The van der Waals surface area contributed by atoms with E-state index in [2.05, 4.69) is 17.1 Å². The van der Waals surface area contributed by atoms with Crippen molar-refractivity contribution in [2.75, 3.05) is 32.8 Å². The second-order valence-corrected chi connectivity index (χ2v) is 7.50. The number of hydrogen-bond donors (Lipinski definition) is 1. The molecule has 1 N–H and O–H groups in total. The van der Waals surface area contributed by atoms with Crippen molar-refractivity contribution in [3.8, 4) is 0 Å². The van der Waals surface area contributed by atoms with Gasteiger partial charge < -0.3 is 15.0 Å². The zero-order valence-corrected chi connectivity index (χ0v) is 15.2. The Hall–Kier alpha value is -1.50.